The van der Waals surface area contributed by atoms with Crippen LogP contribution in [0, 0.1) is 5.82 Å². The lowest BCUT2D eigenvalue weighted by Gasteiger charge is -2.08. The topological polar surface area (TPSA) is 76.1 Å². The van der Waals surface area contributed by atoms with E-state index in [0.717, 1.165) is 12.2 Å². The van der Waals surface area contributed by atoms with Gasteiger partial charge in [-0.1, -0.05) is 30.3 Å². The molecule has 0 aliphatic heterocycles. The van der Waals surface area contributed by atoms with E-state index in [1.165, 1.54) is 11.6 Å². The largest absolute Gasteiger partial charge is 0.497 e. The van der Waals surface area contributed by atoms with Gasteiger partial charge in [0.1, 0.15) is 17.4 Å². The quantitative estimate of drug-likeness (QED) is 0.626. The number of hydrogen-bond donors (Lipinski definition) is 2. The lowest BCUT2D eigenvalue weighted by molar-refractivity contribution is -0.115. The first-order valence-corrected chi connectivity index (χ1v) is 8.88. The molecule has 0 aliphatic rings. The smallest absolute Gasteiger partial charge is 0.230 e. The molecule has 0 bridgehead atoms. The molecule has 1 aromatic heterocycles. The SMILES string of the molecule is COc1ccc(CCNc2ccc(NC(=O)Cc3ccccc3F)nn2)cc1. The van der Waals surface area contributed by atoms with Crippen molar-refractivity contribution in [2.75, 3.05) is 24.3 Å². The van der Waals surface area contributed by atoms with Crippen LogP contribution < -0.4 is 15.4 Å². The number of aromatic nitrogens is 2. The molecule has 0 saturated carbocycles. The van der Waals surface area contributed by atoms with Gasteiger partial charge in [0.25, 0.3) is 0 Å². The number of benzene rings is 2. The molecule has 1 amide bonds. The Bertz CT molecular complexity index is 914. The molecule has 0 fully saturated rings. The lowest BCUT2D eigenvalue weighted by atomic mass is 10.1. The van der Waals surface area contributed by atoms with Crippen molar-refractivity contribution in [3.63, 3.8) is 0 Å². The van der Waals surface area contributed by atoms with Gasteiger partial charge >= 0.3 is 0 Å². The fraction of sp³-hybridized carbons (Fsp3) is 0.190. The second kappa shape index (κ2) is 9.45. The van der Waals surface area contributed by atoms with Crippen LogP contribution in [0.25, 0.3) is 0 Å². The summed E-state index contributed by atoms with van der Waals surface area (Å²) in [5.41, 5.74) is 1.52. The van der Waals surface area contributed by atoms with Crippen LogP contribution in [-0.2, 0) is 17.6 Å². The van der Waals surface area contributed by atoms with Gasteiger partial charge in [-0.25, -0.2) is 4.39 Å². The molecule has 2 aromatic carbocycles. The average Bonchev–Trinajstić information content (AvgIpc) is 2.71. The molecule has 6 nitrogen and oxygen atoms in total. The third-order valence-electron chi connectivity index (χ3n) is 4.12. The molecule has 3 rings (SSSR count). The molecule has 2 N–H and O–H groups in total. The van der Waals surface area contributed by atoms with Crippen molar-refractivity contribution >= 4 is 17.5 Å². The number of nitrogens with zero attached hydrogens (tertiary/aromatic N) is 2. The van der Waals surface area contributed by atoms with Crippen molar-refractivity contribution < 1.29 is 13.9 Å². The van der Waals surface area contributed by atoms with Crippen LogP contribution in [0.3, 0.4) is 0 Å². The third-order valence-corrected chi connectivity index (χ3v) is 4.12. The number of nitrogens with one attached hydrogen (secondary N) is 2. The number of amides is 1. The second-order valence-electron chi connectivity index (χ2n) is 6.15. The van der Waals surface area contributed by atoms with E-state index in [-0.39, 0.29) is 12.3 Å². The Kier molecular flexibility index (Phi) is 6.51. The van der Waals surface area contributed by atoms with E-state index in [1.807, 2.05) is 24.3 Å². The Balaban J connectivity index is 1.46. The Hall–Kier alpha value is -3.48. The summed E-state index contributed by atoms with van der Waals surface area (Å²) < 4.78 is 18.7. The first-order valence-electron chi connectivity index (χ1n) is 8.88. The van der Waals surface area contributed by atoms with Crippen molar-refractivity contribution in [1.82, 2.24) is 10.2 Å². The van der Waals surface area contributed by atoms with E-state index in [2.05, 4.69) is 20.8 Å². The van der Waals surface area contributed by atoms with Gasteiger partial charge in [-0.2, -0.15) is 0 Å². The molecule has 0 radical (unpaired) electrons. The monoisotopic (exact) mass is 380 g/mol. The highest BCUT2D eigenvalue weighted by Crippen LogP contribution is 2.13. The second-order valence-corrected chi connectivity index (χ2v) is 6.15. The summed E-state index contributed by atoms with van der Waals surface area (Å²) in [5.74, 6) is 1.01. The number of rotatable bonds is 8. The number of anilines is 2. The summed E-state index contributed by atoms with van der Waals surface area (Å²) in [6.07, 6.45) is 0.767. The molecule has 0 saturated heterocycles. The van der Waals surface area contributed by atoms with E-state index in [4.69, 9.17) is 4.74 Å². The number of methoxy groups -OCH3 is 1. The molecular weight excluding hydrogens is 359 g/mol. The highest BCUT2D eigenvalue weighted by molar-refractivity contribution is 5.91. The van der Waals surface area contributed by atoms with E-state index in [1.54, 1.807) is 37.4 Å². The number of carbonyl (C=O) groups is 1. The van der Waals surface area contributed by atoms with Gasteiger partial charge in [-0.05, 0) is 47.9 Å². The Morgan fingerprint density at radius 2 is 1.71 bits per heavy atom. The van der Waals surface area contributed by atoms with E-state index < -0.39 is 5.82 Å². The van der Waals surface area contributed by atoms with Crippen LogP contribution >= 0.6 is 0 Å². The molecule has 144 valence electrons. The molecule has 7 heteroatoms. The molecular formula is C21H21FN4O2. The summed E-state index contributed by atoms with van der Waals surface area (Å²) in [6.45, 7) is 0.694. The van der Waals surface area contributed by atoms with Crippen LogP contribution in [0.15, 0.2) is 60.7 Å². The van der Waals surface area contributed by atoms with E-state index in [9.17, 15) is 9.18 Å². The highest BCUT2D eigenvalue weighted by atomic mass is 19.1. The Morgan fingerprint density at radius 1 is 1.00 bits per heavy atom. The predicted molar refractivity (Wildman–Crippen MR) is 106 cm³/mol. The summed E-state index contributed by atoms with van der Waals surface area (Å²) in [4.78, 5) is 12.0. The van der Waals surface area contributed by atoms with Crippen LogP contribution in [0.1, 0.15) is 11.1 Å². The van der Waals surface area contributed by atoms with E-state index in [0.29, 0.717) is 23.7 Å². The van der Waals surface area contributed by atoms with Gasteiger partial charge in [-0.3, -0.25) is 4.79 Å². The Labute approximate surface area is 162 Å². The van der Waals surface area contributed by atoms with Gasteiger partial charge in [0.15, 0.2) is 5.82 Å². The summed E-state index contributed by atoms with van der Waals surface area (Å²) in [5, 5.41) is 13.8. The maximum atomic E-state index is 13.6. The zero-order valence-corrected chi connectivity index (χ0v) is 15.5. The maximum absolute atomic E-state index is 13.6. The van der Waals surface area contributed by atoms with Gasteiger partial charge in [-0.15, -0.1) is 10.2 Å². The number of carbonyl (C=O) groups excluding carboxylic acids is 1. The first-order chi connectivity index (χ1) is 13.6. The standard InChI is InChI=1S/C21H21FN4O2/c1-28-17-8-6-15(7-9-17)12-13-23-19-10-11-20(26-25-19)24-21(27)14-16-4-2-3-5-18(16)22/h2-11H,12-14H2,1H3,(H,23,25)(H,24,26,27). The lowest BCUT2D eigenvalue weighted by Crippen LogP contribution is -2.16. The van der Waals surface area contributed by atoms with Crippen molar-refractivity contribution in [2.24, 2.45) is 0 Å². The van der Waals surface area contributed by atoms with Crippen molar-refractivity contribution in [3.8, 4) is 5.75 Å². The van der Waals surface area contributed by atoms with Crippen LogP contribution in [0.2, 0.25) is 0 Å². The molecule has 0 unspecified atom stereocenters. The number of halogens is 1. The van der Waals surface area contributed by atoms with Crippen molar-refractivity contribution in [1.29, 1.82) is 0 Å². The molecule has 0 aliphatic carbocycles. The molecule has 0 atom stereocenters. The number of ether oxygens (including phenoxy) is 1. The minimum atomic E-state index is -0.403. The normalized spacial score (nSPS) is 10.4. The van der Waals surface area contributed by atoms with Crippen molar-refractivity contribution in [2.45, 2.75) is 12.8 Å². The van der Waals surface area contributed by atoms with Crippen LogP contribution in [-0.4, -0.2) is 29.8 Å². The summed E-state index contributed by atoms with van der Waals surface area (Å²) >= 11 is 0. The zero-order chi connectivity index (χ0) is 19.8. The minimum Gasteiger partial charge on any atom is -0.497 e. The number of hydrogen-bond acceptors (Lipinski definition) is 5. The van der Waals surface area contributed by atoms with Gasteiger partial charge in [0.2, 0.25) is 5.91 Å². The Morgan fingerprint density at radius 3 is 2.39 bits per heavy atom. The highest BCUT2D eigenvalue weighted by Gasteiger charge is 2.09. The molecule has 1 heterocycles. The van der Waals surface area contributed by atoms with Gasteiger partial charge in [0, 0.05) is 6.54 Å². The van der Waals surface area contributed by atoms with Crippen molar-refractivity contribution in [3.05, 3.63) is 77.6 Å². The van der Waals surface area contributed by atoms with Gasteiger partial charge in [0.05, 0.1) is 13.5 Å². The average molecular weight is 380 g/mol. The molecule has 3 aromatic rings. The molecule has 0 spiro atoms. The molecule has 28 heavy (non-hydrogen) atoms. The fourth-order valence-electron chi connectivity index (χ4n) is 2.62. The third kappa shape index (κ3) is 5.51. The minimum absolute atomic E-state index is 0.0593. The first kappa shape index (κ1) is 19.3. The van der Waals surface area contributed by atoms with Gasteiger partial charge < -0.3 is 15.4 Å². The fourth-order valence-corrected chi connectivity index (χ4v) is 2.62. The summed E-state index contributed by atoms with van der Waals surface area (Å²) in [6, 6.07) is 17.5. The van der Waals surface area contributed by atoms with Crippen LogP contribution in [0.5, 0.6) is 5.75 Å². The zero-order valence-electron chi connectivity index (χ0n) is 15.5. The van der Waals surface area contributed by atoms with Crippen LogP contribution in [0.4, 0.5) is 16.0 Å². The van der Waals surface area contributed by atoms with E-state index >= 15 is 0 Å². The maximum Gasteiger partial charge on any atom is 0.230 e. The summed E-state index contributed by atoms with van der Waals surface area (Å²) in [7, 11) is 1.64. The predicted octanol–water partition coefficient (Wildman–Crippen LogP) is 3.46.